The Balaban J connectivity index is 3.67. The van der Waals surface area contributed by atoms with Gasteiger partial charge in [-0.3, -0.25) is 0 Å². The van der Waals surface area contributed by atoms with Gasteiger partial charge >= 0.3 is 12.0 Å². The van der Waals surface area contributed by atoms with Gasteiger partial charge in [-0.2, -0.15) is 0 Å². The number of rotatable bonds is 6. The molecule has 0 bridgehead atoms. The zero-order valence-electron chi connectivity index (χ0n) is 9.06. The summed E-state index contributed by atoms with van der Waals surface area (Å²) in [5.74, 6) is 1.10. The highest BCUT2D eigenvalue weighted by atomic mass is 16.4. The quantitative estimate of drug-likeness (QED) is 0.462. The molecule has 6 heteroatoms. The summed E-state index contributed by atoms with van der Waals surface area (Å²) < 4.78 is 0. The van der Waals surface area contributed by atoms with Gasteiger partial charge in [0.25, 0.3) is 0 Å². The van der Waals surface area contributed by atoms with Crippen LogP contribution < -0.4 is 10.6 Å². The van der Waals surface area contributed by atoms with Gasteiger partial charge in [-0.25, -0.2) is 9.59 Å². The molecule has 1 unspecified atom stereocenters. The highest BCUT2D eigenvalue weighted by molar-refractivity contribution is 5.74. The third-order valence-corrected chi connectivity index (χ3v) is 1.79. The number of urea groups is 1. The molecule has 0 saturated heterocycles. The molecular weight excluding hydrogens is 212 g/mol. The lowest BCUT2D eigenvalue weighted by molar-refractivity contribution is -0.146. The molecule has 0 spiro atoms. The molecule has 0 saturated carbocycles. The van der Waals surface area contributed by atoms with Crippen LogP contribution in [0.1, 0.15) is 19.8 Å². The zero-order chi connectivity index (χ0) is 12.6. The van der Waals surface area contributed by atoms with Gasteiger partial charge in [0.15, 0.2) is 6.10 Å². The number of carboxylic acids is 1. The zero-order valence-corrected chi connectivity index (χ0v) is 9.06. The SMILES string of the molecule is C#CCC(C)NC(=O)NCC[C@H](O)C(=O)O. The van der Waals surface area contributed by atoms with Gasteiger partial charge in [0, 0.05) is 25.4 Å². The molecule has 0 aromatic carbocycles. The van der Waals surface area contributed by atoms with Crippen molar-refractivity contribution in [2.24, 2.45) is 0 Å². The molecule has 0 heterocycles. The maximum atomic E-state index is 11.2. The maximum Gasteiger partial charge on any atom is 0.332 e. The first-order chi connectivity index (χ1) is 7.47. The fraction of sp³-hybridized carbons (Fsp3) is 0.600. The topological polar surface area (TPSA) is 98.7 Å². The van der Waals surface area contributed by atoms with Gasteiger partial charge in [-0.15, -0.1) is 12.3 Å². The highest BCUT2D eigenvalue weighted by Gasteiger charge is 2.13. The van der Waals surface area contributed by atoms with E-state index in [1.807, 2.05) is 0 Å². The number of amides is 2. The summed E-state index contributed by atoms with van der Waals surface area (Å²) in [5, 5.41) is 22.2. The largest absolute Gasteiger partial charge is 0.479 e. The van der Waals surface area contributed by atoms with Gasteiger partial charge in [0.2, 0.25) is 0 Å². The number of nitrogens with one attached hydrogen (secondary N) is 2. The minimum Gasteiger partial charge on any atom is -0.479 e. The summed E-state index contributed by atoms with van der Waals surface area (Å²) in [6.07, 6.45) is 3.99. The maximum absolute atomic E-state index is 11.2. The summed E-state index contributed by atoms with van der Waals surface area (Å²) in [7, 11) is 0. The summed E-state index contributed by atoms with van der Waals surface area (Å²) in [5.41, 5.74) is 0. The van der Waals surface area contributed by atoms with Crippen LogP contribution in [0, 0.1) is 12.3 Å². The summed E-state index contributed by atoms with van der Waals surface area (Å²) >= 11 is 0. The second-order valence-corrected chi connectivity index (χ2v) is 3.35. The molecule has 0 radical (unpaired) electrons. The molecule has 6 nitrogen and oxygen atoms in total. The third-order valence-electron chi connectivity index (χ3n) is 1.79. The lowest BCUT2D eigenvalue weighted by atomic mass is 10.2. The number of hydrogen-bond donors (Lipinski definition) is 4. The number of aliphatic hydroxyl groups is 1. The molecule has 0 aromatic heterocycles. The van der Waals surface area contributed by atoms with Crippen molar-refractivity contribution >= 4 is 12.0 Å². The van der Waals surface area contributed by atoms with Crippen molar-refractivity contribution in [3.8, 4) is 12.3 Å². The van der Waals surface area contributed by atoms with Gasteiger partial charge in [-0.05, 0) is 6.92 Å². The van der Waals surface area contributed by atoms with E-state index in [4.69, 9.17) is 16.6 Å². The molecule has 2 amide bonds. The van der Waals surface area contributed by atoms with Crippen LogP contribution in [0.4, 0.5) is 4.79 Å². The monoisotopic (exact) mass is 228 g/mol. The van der Waals surface area contributed by atoms with E-state index in [1.54, 1.807) is 6.92 Å². The smallest absolute Gasteiger partial charge is 0.332 e. The van der Waals surface area contributed by atoms with Crippen molar-refractivity contribution < 1.29 is 19.8 Å². The van der Waals surface area contributed by atoms with Gasteiger partial charge in [0.1, 0.15) is 0 Å². The highest BCUT2D eigenvalue weighted by Crippen LogP contribution is 1.90. The fourth-order valence-electron chi connectivity index (χ4n) is 0.949. The van der Waals surface area contributed by atoms with E-state index in [0.717, 1.165) is 0 Å². The van der Waals surface area contributed by atoms with E-state index in [2.05, 4.69) is 16.6 Å². The van der Waals surface area contributed by atoms with Gasteiger partial charge in [0.05, 0.1) is 0 Å². The Labute approximate surface area is 94.0 Å². The molecule has 90 valence electrons. The average Bonchev–Trinajstić information content (AvgIpc) is 2.17. The molecule has 0 aliphatic rings. The number of aliphatic hydroxyl groups excluding tert-OH is 1. The lowest BCUT2D eigenvalue weighted by Crippen LogP contribution is -2.41. The molecule has 4 N–H and O–H groups in total. The van der Waals surface area contributed by atoms with Crippen LogP contribution in [0.15, 0.2) is 0 Å². The Morgan fingerprint density at radius 3 is 2.62 bits per heavy atom. The van der Waals surface area contributed by atoms with Gasteiger partial charge in [-0.1, -0.05) is 0 Å². The third kappa shape index (κ3) is 6.68. The summed E-state index contributed by atoms with van der Waals surface area (Å²) in [4.78, 5) is 21.4. The van der Waals surface area contributed by atoms with Crippen LogP contribution in [-0.4, -0.2) is 40.9 Å². The van der Waals surface area contributed by atoms with E-state index in [0.29, 0.717) is 6.42 Å². The summed E-state index contributed by atoms with van der Waals surface area (Å²) in [6.45, 7) is 1.84. The Hall–Kier alpha value is -1.74. The van der Waals surface area contributed by atoms with Crippen molar-refractivity contribution in [2.45, 2.75) is 31.9 Å². The predicted octanol–water partition coefficient (Wildman–Crippen LogP) is -0.467. The van der Waals surface area contributed by atoms with Crippen molar-refractivity contribution in [3.05, 3.63) is 0 Å². The number of carboxylic acid groups (broad SMARTS) is 1. The average molecular weight is 228 g/mol. The molecule has 0 rings (SSSR count). The van der Waals surface area contributed by atoms with Crippen LogP contribution in [-0.2, 0) is 4.79 Å². The first-order valence-corrected chi connectivity index (χ1v) is 4.86. The normalized spacial score (nSPS) is 13.3. The number of aliphatic carboxylic acids is 1. The second kappa shape index (κ2) is 7.54. The first-order valence-electron chi connectivity index (χ1n) is 4.86. The Bertz CT molecular complexity index is 285. The predicted molar refractivity (Wildman–Crippen MR) is 57.7 cm³/mol. The van der Waals surface area contributed by atoms with Crippen LogP contribution in [0.25, 0.3) is 0 Å². The standard InChI is InChI=1S/C10H16N2O4/c1-3-4-7(2)12-10(16)11-6-5-8(13)9(14)15/h1,7-8,13H,4-6H2,2H3,(H,14,15)(H2,11,12,16)/t7?,8-/m0/s1. The molecule has 0 fully saturated rings. The molecule has 2 atom stereocenters. The molecule has 0 aliphatic heterocycles. The minimum absolute atomic E-state index is 0.0354. The van der Waals surface area contributed by atoms with Crippen molar-refractivity contribution in [2.75, 3.05) is 6.54 Å². The Kier molecular flexibility index (Phi) is 6.72. The lowest BCUT2D eigenvalue weighted by Gasteiger charge is -2.12. The van der Waals surface area contributed by atoms with E-state index in [9.17, 15) is 9.59 Å². The number of carbonyl (C=O) groups excluding carboxylic acids is 1. The van der Waals surface area contributed by atoms with Crippen molar-refractivity contribution in [1.29, 1.82) is 0 Å². The molecule has 0 aliphatic carbocycles. The van der Waals surface area contributed by atoms with Crippen molar-refractivity contribution in [3.63, 3.8) is 0 Å². The number of carbonyl (C=O) groups is 2. The Morgan fingerprint density at radius 2 is 2.12 bits per heavy atom. The van der Waals surface area contributed by atoms with E-state index in [1.165, 1.54) is 0 Å². The van der Waals surface area contributed by atoms with E-state index < -0.39 is 18.1 Å². The number of terminal acetylenes is 1. The second-order valence-electron chi connectivity index (χ2n) is 3.35. The van der Waals surface area contributed by atoms with Gasteiger partial charge < -0.3 is 20.8 Å². The van der Waals surface area contributed by atoms with Crippen LogP contribution in [0.3, 0.4) is 0 Å². The molecular formula is C10H16N2O4. The Morgan fingerprint density at radius 1 is 1.50 bits per heavy atom. The van der Waals surface area contributed by atoms with Crippen LogP contribution >= 0.6 is 0 Å². The van der Waals surface area contributed by atoms with Crippen LogP contribution in [0.5, 0.6) is 0 Å². The van der Waals surface area contributed by atoms with E-state index >= 15 is 0 Å². The molecule has 0 aromatic rings. The van der Waals surface area contributed by atoms with Crippen molar-refractivity contribution in [1.82, 2.24) is 10.6 Å². The fourth-order valence-corrected chi connectivity index (χ4v) is 0.949. The minimum atomic E-state index is -1.46. The van der Waals surface area contributed by atoms with E-state index in [-0.39, 0.29) is 19.0 Å². The van der Waals surface area contributed by atoms with Crippen LogP contribution in [0.2, 0.25) is 0 Å². The number of hydrogen-bond acceptors (Lipinski definition) is 3. The molecule has 16 heavy (non-hydrogen) atoms. The summed E-state index contributed by atoms with van der Waals surface area (Å²) in [6, 6.07) is -0.574. The first kappa shape index (κ1) is 14.3.